The number of nitrogens with zero attached hydrogens (tertiary/aromatic N) is 3. The van der Waals surface area contributed by atoms with E-state index in [0.29, 0.717) is 25.2 Å². The molecule has 1 aromatic heterocycles. The summed E-state index contributed by atoms with van der Waals surface area (Å²) in [6.45, 7) is 6.72. The predicted molar refractivity (Wildman–Crippen MR) is 78.6 cm³/mol. The number of aryl methyl sites for hydroxylation is 1. The van der Waals surface area contributed by atoms with Crippen molar-refractivity contribution in [2.45, 2.75) is 38.9 Å². The molecule has 0 aromatic carbocycles. The Kier molecular flexibility index (Phi) is 4.96. The maximum atomic E-state index is 9.91. The smallest absolute Gasteiger partial charge is 0.138 e. The van der Waals surface area contributed by atoms with Crippen LogP contribution in [-0.4, -0.2) is 63.8 Å². The van der Waals surface area contributed by atoms with Gasteiger partial charge in [0.25, 0.3) is 0 Å². The van der Waals surface area contributed by atoms with E-state index < -0.39 is 0 Å². The van der Waals surface area contributed by atoms with Gasteiger partial charge in [0.2, 0.25) is 0 Å². The summed E-state index contributed by atoms with van der Waals surface area (Å²) in [6, 6.07) is 4.39. The van der Waals surface area contributed by atoms with Gasteiger partial charge in [-0.25, -0.2) is 0 Å². The average Bonchev–Trinajstić information content (AvgIpc) is 2.76. The minimum absolute atomic E-state index is 0.194. The van der Waals surface area contributed by atoms with Gasteiger partial charge in [0.05, 0.1) is 12.3 Å². The van der Waals surface area contributed by atoms with Crippen molar-refractivity contribution in [1.29, 1.82) is 0 Å². The maximum absolute atomic E-state index is 9.91. The standard InChI is InChI=1S/C15H25N3O2/c1-11-4-5-15(20)13(16-11)10-18-7-6-14(12(18)2)17(3)8-9-19/h4-5,12,14,19-20H,6-10H2,1-3H3/t12-,14-/m1/s1. The molecule has 5 nitrogen and oxygen atoms in total. The first kappa shape index (κ1) is 15.2. The molecule has 1 aromatic rings. The fourth-order valence-electron chi connectivity index (χ4n) is 3.03. The number of likely N-dealkylation sites (tertiary alicyclic amines) is 1. The second-order valence-corrected chi connectivity index (χ2v) is 5.69. The van der Waals surface area contributed by atoms with Crippen LogP contribution in [0.15, 0.2) is 12.1 Å². The van der Waals surface area contributed by atoms with E-state index in [2.05, 4.69) is 28.8 Å². The van der Waals surface area contributed by atoms with Crippen LogP contribution in [0.3, 0.4) is 0 Å². The number of aromatic hydroxyl groups is 1. The number of hydrogen-bond acceptors (Lipinski definition) is 5. The van der Waals surface area contributed by atoms with Crippen LogP contribution in [0.2, 0.25) is 0 Å². The fourth-order valence-corrected chi connectivity index (χ4v) is 3.03. The Morgan fingerprint density at radius 2 is 2.20 bits per heavy atom. The molecule has 1 aliphatic heterocycles. The van der Waals surface area contributed by atoms with Crippen molar-refractivity contribution in [2.24, 2.45) is 0 Å². The van der Waals surface area contributed by atoms with Crippen LogP contribution in [0.25, 0.3) is 0 Å². The number of likely N-dealkylation sites (N-methyl/N-ethyl adjacent to an activating group) is 1. The van der Waals surface area contributed by atoms with Crippen LogP contribution in [0.5, 0.6) is 5.75 Å². The van der Waals surface area contributed by atoms with Crippen molar-refractivity contribution in [3.8, 4) is 5.75 Å². The van der Waals surface area contributed by atoms with E-state index in [0.717, 1.165) is 24.4 Å². The van der Waals surface area contributed by atoms with Crippen LogP contribution >= 0.6 is 0 Å². The normalized spacial score (nSPS) is 23.6. The minimum atomic E-state index is 0.194. The first-order valence-electron chi connectivity index (χ1n) is 7.23. The van der Waals surface area contributed by atoms with Crippen LogP contribution < -0.4 is 0 Å². The molecular weight excluding hydrogens is 254 g/mol. The molecule has 2 atom stereocenters. The molecule has 1 saturated heterocycles. The van der Waals surface area contributed by atoms with E-state index in [1.807, 2.05) is 13.0 Å². The predicted octanol–water partition coefficient (Wildman–Crippen LogP) is 0.983. The molecule has 0 saturated carbocycles. The van der Waals surface area contributed by atoms with E-state index in [-0.39, 0.29) is 12.4 Å². The number of pyridine rings is 1. The summed E-state index contributed by atoms with van der Waals surface area (Å²) < 4.78 is 0. The van der Waals surface area contributed by atoms with Gasteiger partial charge in [0.1, 0.15) is 5.75 Å². The monoisotopic (exact) mass is 279 g/mol. The molecule has 5 heteroatoms. The highest BCUT2D eigenvalue weighted by molar-refractivity contribution is 5.27. The molecule has 2 N–H and O–H groups in total. The van der Waals surface area contributed by atoms with Gasteiger partial charge in [-0.2, -0.15) is 0 Å². The maximum Gasteiger partial charge on any atom is 0.138 e. The molecule has 2 heterocycles. The fraction of sp³-hybridized carbons (Fsp3) is 0.667. The lowest BCUT2D eigenvalue weighted by molar-refractivity contribution is 0.143. The van der Waals surface area contributed by atoms with Gasteiger partial charge < -0.3 is 10.2 Å². The van der Waals surface area contributed by atoms with E-state index in [4.69, 9.17) is 5.11 Å². The Morgan fingerprint density at radius 1 is 1.45 bits per heavy atom. The number of aliphatic hydroxyl groups is 1. The lowest BCUT2D eigenvalue weighted by Gasteiger charge is -2.30. The van der Waals surface area contributed by atoms with Crippen LogP contribution in [0.1, 0.15) is 24.7 Å². The number of aliphatic hydroxyl groups excluding tert-OH is 1. The van der Waals surface area contributed by atoms with E-state index in [9.17, 15) is 5.11 Å². The Balaban J connectivity index is 2.02. The van der Waals surface area contributed by atoms with Crippen LogP contribution in [-0.2, 0) is 6.54 Å². The number of rotatable bonds is 5. The minimum Gasteiger partial charge on any atom is -0.506 e. The van der Waals surface area contributed by atoms with Gasteiger partial charge in [-0.05, 0) is 39.4 Å². The summed E-state index contributed by atoms with van der Waals surface area (Å²) in [4.78, 5) is 9.00. The highest BCUT2D eigenvalue weighted by atomic mass is 16.3. The lowest BCUT2D eigenvalue weighted by atomic mass is 10.1. The second kappa shape index (κ2) is 6.52. The zero-order valence-electron chi connectivity index (χ0n) is 12.6. The quantitative estimate of drug-likeness (QED) is 0.841. The van der Waals surface area contributed by atoms with Gasteiger partial charge in [-0.3, -0.25) is 14.8 Å². The summed E-state index contributed by atoms with van der Waals surface area (Å²) in [5, 5.41) is 19.0. The highest BCUT2D eigenvalue weighted by Gasteiger charge is 2.33. The van der Waals surface area contributed by atoms with Crippen molar-refractivity contribution >= 4 is 0 Å². The van der Waals surface area contributed by atoms with Gasteiger partial charge in [0, 0.05) is 37.4 Å². The Morgan fingerprint density at radius 3 is 2.90 bits per heavy atom. The summed E-state index contributed by atoms with van der Waals surface area (Å²) in [5.41, 5.74) is 1.68. The van der Waals surface area contributed by atoms with Crippen LogP contribution in [0.4, 0.5) is 0 Å². The van der Waals surface area contributed by atoms with Crippen molar-refractivity contribution in [3.63, 3.8) is 0 Å². The molecule has 0 spiro atoms. The Hall–Kier alpha value is -1.17. The topological polar surface area (TPSA) is 59.8 Å². The molecule has 0 bridgehead atoms. The third kappa shape index (κ3) is 3.29. The molecule has 0 amide bonds. The van der Waals surface area contributed by atoms with Crippen LogP contribution in [0, 0.1) is 6.92 Å². The third-order valence-corrected chi connectivity index (χ3v) is 4.31. The third-order valence-electron chi connectivity index (χ3n) is 4.31. The summed E-state index contributed by atoms with van der Waals surface area (Å²) in [7, 11) is 2.06. The Labute approximate surface area is 120 Å². The molecule has 2 rings (SSSR count). The van der Waals surface area contributed by atoms with Crippen molar-refractivity contribution in [2.75, 3.05) is 26.7 Å². The first-order chi connectivity index (χ1) is 9.52. The van der Waals surface area contributed by atoms with Gasteiger partial charge in [-0.1, -0.05) is 0 Å². The molecule has 112 valence electrons. The highest BCUT2D eigenvalue weighted by Crippen LogP contribution is 2.25. The van der Waals surface area contributed by atoms with Crippen molar-refractivity contribution in [3.05, 3.63) is 23.5 Å². The summed E-state index contributed by atoms with van der Waals surface area (Å²) in [5.74, 6) is 0.273. The number of hydrogen-bond donors (Lipinski definition) is 2. The molecule has 1 fully saturated rings. The molecular formula is C15H25N3O2. The van der Waals surface area contributed by atoms with E-state index >= 15 is 0 Å². The average molecular weight is 279 g/mol. The van der Waals surface area contributed by atoms with E-state index in [1.54, 1.807) is 6.07 Å². The molecule has 0 radical (unpaired) electrons. The molecule has 0 unspecified atom stereocenters. The summed E-state index contributed by atoms with van der Waals surface area (Å²) >= 11 is 0. The Bertz CT molecular complexity index is 453. The van der Waals surface area contributed by atoms with E-state index in [1.165, 1.54) is 0 Å². The number of aromatic nitrogens is 1. The second-order valence-electron chi connectivity index (χ2n) is 5.69. The molecule has 1 aliphatic rings. The van der Waals surface area contributed by atoms with Gasteiger partial charge >= 0.3 is 0 Å². The van der Waals surface area contributed by atoms with Gasteiger partial charge in [0.15, 0.2) is 0 Å². The van der Waals surface area contributed by atoms with Crippen molar-refractivity contribution < 1.29 is 10.2 Å². The SMILES string of the molecule is Cc1ccc(O)c(CN2CC[C@@H](N(C)CCO)[C@H]2C)n1. The van der Waals surface area contributed by atoms with Crippen molar-refractivity contribution in [1.82, 2.24) is 14.8 Å². The zero-order chi connectivity index (χ0) is 14.7. The summed E-state index contributed by atoms with van der Waals surface area (Å²) in [6.07, 6.45) is 1.09. The molecule has 20 heavy (non-hydrogen) atoms. The first-order valence-corrected chi connectivity index (χ1v) is 7.23. The molecule has 0 aliphatic carbocycles. The largest absolute Gasteiger partial charge is 0.506 e. The lowest BCUT2D eigenvalue weighted by Crippen LogP contribution is -2.42. The zero-order valence-corrected chi connectivity index (χ0v) is 12.6. The van der Waals surface area contributed by atoms with Gasteiger partial charge in [-0.15, -0.1) is 0 Å².